The molecule has 0 radical (unpaired) electrons. The van der Waals surface area contributed by atoms with E-state index < -0.39 is 5.41 Å². The maximum Gasteiger partial charge on any atom is 0.240 e. The fourth-order valence-corrected chi connectivity index (χ4v) is 1.69. The molecule has 0 saturated heterocycles. The average Bonchev–Trinajstić information content (AvgIpc) is 2.22. The standard InChI is InChI=1S/C11H25N3O2/c1-11(2,10(16)13-12)9-14(3)7-5-4-6-8-15/h15H,4-9,12H2,1-3H3,(H,13,16). The monoisotopic (exact) mass is 231 g/mol. The number of nitrogens with zero attached hydrogens (tertiary/aromatic N) is 1. The minimum Gasteiger partial charge on any atom is -0.396 e. The largest absolute Gasteiger partial charge is 0.396 e. The summed E-state index contributed by atoms with van der Waals surface area (Å²) in [5.41, 5.74) is 1.72. The van der Waals surface area contributed by atoms with Gasteiger partial charge in [0.05, 0.1) is 5.41 Å². The van der Waals surface area contributed by atoms with E-state index in [4.69, 9.17) is 10.9 Å². The third-order valence-electron chi connectivity index (χ3n) is 2.61. The maximum atomic E-state index is 11.4. The van der Waals surface area contributed by atoms with Crippen molar-refractivity contribution in [3.8, 4) is 0 Å². The zero-order chi connectivity index (χ0) is 12.6. The second-order valence-corrected chi connectivity index (χ2v) is 4.88. The zero-order valence-corrected chi connectivity index (χ0v) is 10.6. The van der Waals surface area contributed by atoms with Gasteiger partial charge in [0, 0.05) is 13.2 Å². The van der Waals surface area contributed by atoms with E-state index >= 15 is 0 Å². The highest BCUT2D eigenvalue weighted by molar-refractivity contribution is 5.81. The summed E-state index contributed by atoms with van der Waals surface area (Å²) in [6, 6.07) is 0. The Balaban J connectivity index is 3.85. The second kappa shape index (κ2) is 7.60. The van der Waals surface area contributed by atoms with Crippen LogP contribution in [0.25, 0.3) is 0 Å². The number of amides is 1. The van der Waals surface area contributed by atoms with Crippen LogP contribution in [-0.4, -0.2) is 42.7 Å². The highest BCUT2D eigenvalue weighted by atomic mass is 16.2. The van der Waals surface area contributed by atoms with Crippen LogP contribution in [0.2, 0.25) is 0 Å². The van der Waals surface area contributed by atoms with Crippen molar-refractivity contribution in [2.45, 2.75) is 33.1 Å². The van der Waals surface area contributed by atoms with Gasteiger partial charge in [-0.05, 0) is 46.7 Å². The Kier molecular flexibility index (Phi) is 7.29. The molecule has 0 fully saturated rings. The molecule has 0 aliphatic rings. The summed E-state index contributed by atoms with van der Waals surface area (Å²) in [6.07, 6.45) is 2.91. The van der Waals surface area contributed by atoms with Crippen molar-refractivity contribution in [1.82, 2.24) is 10.3 Å². The predicted molar refractivity (Wildman–Crippen MR) is 64.5 cm³/mol. The quantitative estimate of drug-likeness (QED) is 0.239. The summed E-state index contributed by atoms with van der Waals surface area (Å²) in [7, 11) is 1.99. The van der Waals surface area contributed by atoms with Crippen LogP contribution in [0.5, 0.6) is 0 Å². The molecule has 0 atom stereocenters. The molecule has 0 aromatic carbocycles. The third kappa shape index (κ3) is 6.05. The van der Waals surface area contributed by atoms with Crippen molar-refractivity contribution in [3.63, 3.8) is 0 Å². The Labute approximate surface area is 98.0 Å². The number of rotatable bonds is 8. The van der Waals surface area contributed by atoms with Crippen molar-refractivity contribution in [3.05, 3.63) is 0 Å². The lowest BCUT2D eigenvalue weighted by atomic mass is 9.92. The Bertz CT molecular complexity index is 207. The summed E-state index contributed by atoms with van der Waals surface area (Å²) >= 11 is 0. The van der Waals surface area contributed by atoms with Crippen molar-refractivity contribution >= 4 is 5.91 Å². The van der Waals surface area contributed by atoms with E-state index in [1.165, 1.54) is 0 Å². The first-order valence-corrected chi connectivity index (χ1v) is 5.74. The van der Waals surface area contributed by atoms with Crippen molar-refractivity contribution < 1.29 is 9.90 Å². The Morgan fingerprint density at radius 1 is 1.38 bits per heavy atom. The van der Waals surface area contributed by atoms with Gasteiger partial charge in [0.15, 0.2) is 0 Å². The first-order valence-electron chi connectivity index (χ1n) is 5.74. The summed E-state index contributed by atoms with van der Waals surface area (Å²) in [5, 5.41) is 8.64. The van der Waals surface area contributed by atoms with Gasteiger partial charge >= 0.3 is 0 Å². The zero-order valence-electron chi connectivity index (χ0n) is 10.6. The van der Waals surface area contributed by atoms with Crippen LogP contribution in [-0.2, 0) is 4.79 Å². The number of nitrogens with one attached hydrogen (secondary N) is 1. The van der Waals surface area contributed by atoms with Crippen molar-refractivity contribution in [1.29, 1.82) is 0 Å². The fourth-order valence-electron chi connectivity index (χ4n) is 1.69. The molecule has 0 aliphatic heterocycles. The van der Waals surface area contributed by atoms with Gasteiger partial charge in [0.1, 0.15) is 0 Å². The number of hydrogen-bond acceptors (Lipinski definition) is 4. The first-order chi connectivity index (χ1) is 7.44. The molecule has 0 rings (SSSR count). The van der Waals surface area contributed by atoms with E-state index in [0.29, 0.717) is 6.54 Å². The van der Waals surface area contributed by atoms with Gasteiger partial charge in [0.25, 0.3) is 0 Å². The number of hydrogen-bond donors (Lipinski definition) is 3. The molecule has 0 heterocycles. The molecule has 0 unspecified atom stereocenters. The van der Waals surface area contributed by atoms with Gasteiger partial charge in [0.2, 0.25) is 5.91 Å². The highest BCUT2D eigenvalue weighted by Gasteiger charge is 2.28. The lowest BCUT2D eigenvalue weighted by Crippen LogP contribution is -2.46. The summed E-state index contributed by atoms with van der Waals surface area (Å²) in [4.78, 5) is 13.6. The molecule has 0 bridgehead atoms. The number of nitrogens with two attached hydrogens (primary N) is 1. The minimum absolute atomic E-state index is 0.144. The van der Waals surface area contributed by atoms with Gasteiger partial charge < -0.3 is 10.0 Å². The number of unbranched alkanes of at least 4 members (excludes halogenated alkanes) is 2. The van der Waals surface area contributed by atoms with E-state index in [1.54, 1.807) is 0 Å². The number of hydrazine groups is 1. The maximum absolute atomic E-state index is 11.4. The average molecular weight is 231 g/mol. The molecule has 0 aromatic heterocycles. The van der Waals surface area contributed by atoms with Gasteiger partial charge in [-0.15, -0.1) is 0 Å². The topological polar surface area (TPSA) is 78.6 Å². The van der Waals surface area contributed by atoms with E-state index in [0.717, 1.165) is 25.8 Å². The van der Waals surface area contributed by atoms with Crippen LogP contribution < -0.4 is 11.3 Å². The molecule has 0 spiro atoms. The number of carbonyl (C=O) groups is 1. The lowest BCUT2D eigenvalue weighted by Gasteiger charge is -2.28. The van der Waals surface area contributed by atoms with Crippen LogP contribution in [0.3, 0.4) is 0 Å². The molecule has 1 amide bonds. The van der Waals surface area contributed by atoms with E-state index in [1.807, 2.05) is 20.9 Å². The molecule has 16 heavy (non-hydrogen) atoms. The predicted octanol–water partition coefficient (Wildman–Crippen LogP) is 0.0969. The molecule has 0 aliphatic carbocycles. The van der Waals surface area contributed by atoms with Gasteiger partial charge in [-0.2, -0.15) is 0 Å². The van der Waals surface area contributed by atoms with E-state index in [-0.39, 0.29) is 12.5 Å². The number of carbonyl (C=O) groups excluding carboxylic acids is 1. The van der Waals surface area contributed by atoms with E-state index in [9.17, 15) is 4.79 Å². The summed E-state index contributed by atoms with van der Waals surface area (Å²) in [6.45, 7) is 5.61. The smallest absolute Gasteiger partial charge is 0.240 e. The molecular weight excluding hydrogens is 206 g/mol. The van der Waals surface area contributed by atoms with Crippen molar-refractivity contribution in [2.24, 2.45) is 11.3 Å². The molecule has 0 saturated carbocycles. The van der Waals surface area contributed by atoms with Crippen LogP contribution in [0, 0.1) is 5.41 Å². The number of aliphatic hydroxyl groups excluding tert-OH is 1. The van der Waals surface area contributed by atoms with Gasteiger partial charge in [-0.25, -0.2) is 5.84 Å². The minimum atomic E-state index is -0.472. The molecule has 96 valence electrons. The number of aliphatic hydroxyl groups is 1. The Morgan fingerprint density at radius 2 is 2.00 bits per heavy atom. The van der Waals surface area contributed by atoms with Gasteiger partial charge in [-0.3, -0.25) is 10.2 Å². The van der Waals surface area contributed by atoms with Crippen LogP contribution in [0.4, 0.5) is 0 Å². The molecule has 4 N–H and O–H groups in total. The second-order valence-electron chi connectivity index (χ2n) is 4.88. The SMILES string of the molecule is CN(CCCCCO)CC(C)(C)C(=O)NN. The van der Waals surface area contributed by atoms with Crippen LogP contribution >= 0.6 is 0 Å². The Morgan fingerprint density at radius 3 is 2.50 bits per heavy atom. The van der Waals surface area contributed by atoms with Gasteiger partial charge in [-0.1, -0.05) is 0 Å². The highest BCUT2D eigenvalue weighted by Crippen LogP contribution is 2.16. The lowest BCUT2D eigenvalue weighted by molar-refractivity contribution is -0.130. The normalized spacial score (nSPS) is 11.9. The van der Waals surface area contributed by atoms with Crippen LogP contribution in [0.15, 0.2) is 0 Å². The summed E-state index contributed by atoms with van der Waals surface area (Å²) < 4.78 is 0. The summed E-state index contributed by atoms with van der Waals surface area (Å²) in [5.74, 6) is 4.98. The molecule has 5 heteroatoms. The van der Waals surface area contributed by atoms with Crippen LogP contribution in [0.1, 0.15) is 33.1 Å². The van der Waals surface area contributed by atoms with Crippen molar-refractivity contribution in [2.75, 3.05) is 26.7 Å². The Hall–Kier alpha value is -0.650. The fraction of sp³-hybridized carbons (Fsp3) is 0.909. The molecule has 0 aromatic rings. The van der Waals surface area contributed by atoms with E-state index in [2.05, 4.69) is 10.3 Å². The molecule has 5 nitrogen and oxygen atoms in total. The molecular formula is C11H25N3O2. The first kappa shape index (κ1) is 15.3. The third-order valence-corrected chi connectivity index (χ3v) is 2.61.